The highest BCUT2D eigenvalue weighted by atomic mass is 32.2. The van der Waals surface area contributed by atoms with Crippen molar-refractivity contribution in [3.63, 3.8) is 0 Å². The first-order chi connectivity index (χ1) is 15.9. The van der Waals surface area contributed by atoms with Crippen LogP contribution in [0, 0.1) is 0 Å². The minimum Gasteiger partial charge on any atom is -0.340 e. The molecule has 0 aliphatic carbocycles. The van der Waals surface area contributed by atoms with Crippen LogP contribution in [-0.2, 0) is 21.4 Å². The molecule has 2 N–H and O–H groups in total. The van der Waals surface area contributed by atoms with Gasteiger partial charge < -0.3 is 14.8 Å². The van der Waals surface area contributed by atoms with Crippen molar-refractivity contribution in [2.45, 2.75) is 11.8 Å². The Morgan fingerprint density at radius 3 is 2.36 bits per heavy atom. The van der Waals surface area contributed by atoms with E-state index in [-0.39, 0.29) is 19.6 Å². The molecular formula is C22H24N6O4S. The van der Waals surface area contributed by atoms with Crippen LogP contribution in [0.4, 0.5) is 10.7 Å². The highest BCUT2D eigenvalue weighted by Crippen LogP contribution is 2.26. The third-order valence-corrected chi connectivity index (χ3v) is 8.22. The maximum absolute atomic E-state index is 13.0. The van der Waals surface area contributed by atoms with E-state index in [1.165, 1.54) is 4.31 Å². The summed E-state index contributed by atoms with van der Waals surface area (Å²) in [5.41, 5.74) is 3.04. The lowest BCUT2D eigenvalue weighted by Gasteiger charge is -2.36. The van der Waals surface area contributed by atoms with E-state index in [2.05, 4.69) is 26.9 Å². The zero-order valence-electron chi connectivity index (χ0n) is 17.8. The van der Waals surface area contributed by atoms with Crippen LogP contribution in [0.5, 0.6) is 0 Å². The van der Waals surface area contributed by atoms with E-state index in [0.717, 1.165) is 22.5 Å². The van der Waals surface area contributed by atoms with Gasteiger partial charge in [0.25, 0.3) is 0 Å². The van der Waals surface area contributed by atoms with Crippen molar-refractivity contribution >= 4 is 38.9 Å². The second-order valence-electron chi connectivity index (χ2n) is 8.09. The Balaban J connectivity index is 1.37. The van der Waals surface area contributed by atoms with Crippen LogP contribution in [0.25, 0.3) is 11.0 Å². The smallest absolute Gasteiger partial charge is 0.321 e. The molecule has 3 heterocycles. The van der Waals surface area contributed by atoms with Crippen LogP contribution in [0.3, 0.4) is 0 Å². The van der Waals surface area contributed by atoms with Gasteiger partial charge in [-0.3, -0.25) is 10.1 Å². The van der Waals surface area contributed by atoms with Crippen molar-refractivity contribution in [2.75, 3.05) is 37.6 Å². The highest BCUT2D eigenvalue weighted by Gasteiger charge is 2.42. The molecular weight excluding hydrogens is 444 g/mol. The summed E-state index contributed by atoms with van der Waals surface area (Å²) < 4.78 is 29.5. The van der Waals surface area contributed by atoms with Crippen molar-refractivity contribution in [1.29, 1.82) is 0 Å². The topological polar surface area (TPSA) is 117 Å². The summed E-state index contributed by atoms with van der Waals surface area (Å²) in [6, 6.07) is 17.4. The fourth-order valence-electron chi connectivity index (χ4n) is 4.30. The molecule has 1 aromatic heterocycles. The summed E-state index contributed by atoms with van der Waals surface area (Å²) in [6.45, 7) is 1.77. The molecule has 0 bridgehead atoms. The van der Waals surface area contributed by atoms with Crippen LogP contribution >= 0.6 is 0 Å². The number of urea groups is 1. The number of aromatic nitrogens is 2. The van der Waals surface area contributed by atoms with E-state index < -0.39 is 27.2 Å². The number of carbonyl (C=O) groups excluding carboxylic acids is 2. The van der Waals surface area contributed by atoms with Gasteiger partial charge >= 0.3 is 6.03 Å². The van der Waals surface area contributed by atoms with Gasteiger partial charge in [0.15, 0.2) is 5.25 Å². The second-order valence-corrected chi connectivity index (χ2v) is 10.2. The number of benzene rings is 2. The predicted octanol–water partition coefficient (Wildman–Crippen LogP) is 0.744. The number of fused-ring (bicyclic) bond motifs is 1. The number of amides is 3. The predicted molar refractivity (Wildman–Crippen MR) is 123 cm³/mol. The molecule has 2 aliphatic heterocycles. The largest absolute Gasteiger partial charge is 0.340 e. The van der Waals surface area contributed by atoms with Crippen molar-refractivity contribution in [3.05, 3.63) is 60.2 Å². The van der Waals surface area contributed by atoms with Gasteiger partial charge in [0.2, 0.25) is 21.9 Å². The Morgan fingerprint density at radius 1 is 0.939 bits per heavy atom. The number of hydrogen-bond acceptors (Lipinski definition) is 6. The van der Waals surface area contributed by atoms with Gasteiger partial charge in [-0.05, 0) is 17.7 Å². The van der Waals surface area contributed by atoms with Gasteiger partial charge in [0, 0.05) is 32.7 Å². The lowest BCUT2D eigenvalue weighted by atomic mass is 10.2. The zero-order valence-corrected chi connectivity index (χ0v) is 18.7. The van der Waals surface area contributed by atoms with Crippen molar-refractivity contribution < 1.29 is 18.0 Å². The lowest BCUT2D eigenvalue weighted by molar-refractivity contribution is -0.120. The normalized spacial score (nSPS) is 20.0. The number of nitrogens with one attached hydrogen (secondary N) is 2. The number of nitrogens with zero attached hydrogens (tertiary/aromatic N) is 4. The molecule has 5 rings (SSSR count). The molecule has 11 heteroatoms. The van der Waals surface area contributed by atoms with Crippen LogP contribution in [0.2, 0.25) is 0 Å². The monoisotopic (exact) mass is 468 g/mol. The number of hydrogen-bond donors (Lipinski definition) is 2. The highest BCUT2D eigenvalue weighted by molar-refractivity contribution is 7.90. The molecule has 172 valence electrons. The molecule has 1 atom stereocenters. The molecule has 0 saturated carbocycles. The van der Waals surface area contributed by atoms with Gasteiger partial charge in [-0.2, -0.15) is 4.31 Å². The maximum atomic E-state index is 13.0. The molecule has 3 aromatic rings. The van der Waals surface area contributed by atoms with E-state index in [1.54, 1.807) is 0 Å². The summed E-state index contributed by atoms with van der Waals surface area (Å²) >= 11 is 0. The van der Waals surface area contributed by atoms with Crippen LogP contribution in [0.1, 0.15) is 5.56 Å². The molecule has 2 aliphatic rings. The maximum Gasteiger partial charge on any atom is 0.321 e. The first-order valence-electron chi connectivity index (χ1n) is 10.8. The minimum atomic E-state index is -3.89. The van der Waals surface area contributed by atoms with E-state index >= 15 is 0 Å². The van der Waals surface area contributed by atoms with Gasteiger partial charge in [-0.25, -0.2) is 18.2 Å². The number of imidazole rings is 1. The van der Waals surface area contributed by atoms with Gasteiger partial charge in [0.1, 0.15) is 0 Å². The number of imide groups is 1. The number of para-hydroxylation sites is 2. The summed E-state index contributed by atoms with van der Waals surface area (Å²) in [7, 11) is -3.89. The fraction of sp³-hybridized carbons (Fsp3) is 0.318. The number of piperazine rings is 1. The Kier molecular flexibility index (Phi) is 5.51. The average molecular weight is 469 g/mol. The van der Waals surface area contributed by atoms with Crippen molar-refractivity contribution in [2.24, 2.45) is 0 Å². The quantitative estimate of drug-likeness (QED) is 0.571. The minimum absolute atomic E-state index is 0.222. The van der Waals surface area contributed by atoms with E-state index in [1.807, 2.05) is 47.8 Å². The van der Waals surface area contributed by atoms with Gasteiger partial charge in [-0.15, -0.1) is 0 Å². The fourth-order valence-corrected chi connectivity index (χ4v) is 5.96. The number of carbonyl (C=O) groups is 2. The van der Waals surface area contributed by atoms with E-state index in [0.29, 0.717) is 19.6 Å². The summed E-state index contributed by atoms with van der Waals surface area (Å²) in [4.78, 5) is 30.3. The molecule has 3 amide bonds. The molecule has 10 nitrogen and oxygen atoms in total. The summed E-state index contributed by atoms with van der Waals surface area (Å²) in [5, 5.41) is 3.11. The van der Waals surface area contributed by atoms with E-state index in [4.69, 9.17) is 4.98 Å². The second kappa shape index (κ2) is 8.49. The molecule has 0 spiro atoms. The molecule has 0 radical (unpaired) electrons. The van der Waals surface area contributed by atoms with Gasteiger partial charge in [0.05, 0.1) is 17.6 Å². The van der Waals surface area contributed by atoms with E-state index in [9.17, 15) is 18.0 Å². The molecule has 2 fully saturated rings. The summed E-state index contributed by atoms with van der Waals surface area (Å²) in [5.74, 6) is 0.00519. The zero-order chi connectivity index (χ0) is 23.0. The lowest BCUT2D eigenvalue weighted by Crippen LogP contribution is -2.61. The molecule has 2 aromatic carbocycles. The SMILES string of the molecule is O=C1NCC(S(=O)(=O)N2CCN(c3nc4ccccc4n3Cc3ccccc3)CC2)C(=O)N1. The Morgan fingerprint density at radius 2 is 1.64 bits per heavy atom. The Hall–Kier alpha value is -3.44. The third-order valence-electron chi connectivity index (χ3n) is 6.04. The first kappa shape index (κ1) is 21.4. The van der Waals surface area contributed by atoms with Crippen LogP contribution in [0.15, 0.2) is 54.6 Å². The van der Waals surface area contributed by atoms with Crippen LogP contribution < -0.4 is 15.5 Å². The Bertz CT molecular complexity index is 1300. The van der Waals surface area contributed by atoms with Gasteiger partial charge in [-0.1, -0.05) is 42.5 Å². The van der Waals surface area contributed by atoms with Crippen molar-refractivity contribution in [1.82, 2.24) is 24.5 Å². The molecule has 1 unspecified atom stereocenters. The number of anilines is 1. The summed E-state index contributed by atoms with van der Waals surface area (Å²) in [6.07, 6.45) is 0. The molecule has 33 heavy (non-hydrogen) atoms. The Labute approximate surface area is 191 Å². The standard InChI is InChI=1S/C22H24N6O4S/c29-20-19(14-23-21(30)25-20)33(31,32)27-12-10-26(11-13-27)22-24-17-8-4-5-9-18(17)28(22)15-16-6-2-1-3-7-16/h1-9,19H,10-15H2,(H2,23,25,29,30). The average Bonchev–Trinajstić information content (AvgIpc) is 3.18. The molecule has 2 saturated heterocycles. The van der Waals surface area contributed by atoms with Crippen molar-refractivity contribution in [3.8, 4) is 0 Å². The van der Waals surface area contributed by atoms with Crippen LogP contribution in [-0.4, -0.2) is 72.2 Å². The number of rotatable bonds is 5. The third kappa shape index (κ3) is 4.05. The first-order valence-corrected chi connectivity index (χ1v) is 12.3. The number of sulfonamides is 1.